The molecule has 5 radical (unpaired) electrons. The largest absolute Gasteiger partial charge is 0.512 e. The van der Waals surface area contributed by atoms with Gasteiger partial charge in [-0.1, -0.05) is 179 Å². The Morgan fingerprint density at radius 1 is 0.388 bits per heavy atom. The second-order valence-corrected chi connectivity index (χ2v) is 33.0. The number of allylic oxidation sites excluding steroid dienone is 2. The van der Waals surface area contributed by atoms with Gasteiger partial charge >= 0.3 is 18.1 Å². The zero-order chi connectivity index (χ0) is 90.1. The molecule has 0 atom stereocenters. The first-order chi connectivity index (χ1) is 62.4. The number of methoxy groups -OCH3 is 1. The first kappa shape index (κ1) is 102. The van der Waals surface area contributed by atoms with Gasteiger partial charge in [0.1, 0.15) is 17.1 Å². The maximum absolute atomic E-state index is 12.0. The van der Waals surface area contributed by atoms with Crippen LogP contribution < -0.4 is 0 Å². The Kier molecular flexibility index (Phi) is 34.4. The monoisotopic (exact) mass is 2670 g/mol. The van der Waals surface area contributed by atoms with Crippen LogP contribution in [0.1, 0.15) is 117 Å². The van der Waals surface area contributed by atoms with E-state index in [2.05, 4.69) is 245 Å². The summed E-state index contributed by atoms with van der Waals surface area (Å²) in [5, 5.41) is 43.9. The van der Waals surface area contributed by atoms with Gasteiger partial charge in [-0.25, -0.2) is 19.6 Å². The number of benzene rings is 10. The molecule has 1 saturated carbocycles. The molecule has 22 aromatic rings. The van der Waals surface area contributed by atoms with Crippen molar-refractivity contribution >= 4 is 154 Å². The first-order valence-corrected chi connectivity index (χ1v) is 42.1. The number of hydrogen-bond donors (Lipinski definition) is 3. The van der Waals surface area contributed by atoms with Gasteiger partial charge in [0.15, 0.2) is 5.78 Å². The number of nitrogens with zero attached hydrogens (tertiary/aromatic N) is 12. The van der Waals surface area contributed by atoms with Gasteiger partial charge in [-0.15, -0.1) is 148 Å². The van der Waals surface area contributed by atoms with Gasteiger partial charge < -0.3 is 42.1 Å². The molecule has 1 fully saturated rings. The second kappa shape index (κ2) is 45.2. The summed E-state index contributed by atoms with van der Waals surface area (Å²) >= 11 is 0. The molecule has 3 N–H and O–H groups in total. The molecule has 19 nitrogen and oxygen atoms in total. The van der Waals surface area contributed by atoms with E-state index < -0.39 is 34.8 Å². The molecule has 10 aromatic carbocycles. The zero-order valence-electron chi connectivity index (χ0n) is 73.4. The van der Waals surface area contributed by atoms with Crippen LogP contribution >= 0.6 is 0 Å². The van der Waals surface area contributed by atoms with E-state index >= 15 is 0 Å². The topological polar surface area (TPSA) is 233 Å². The third-order valence-electron chi connectivity index (χ3n) is 22.4. The van der Waals surface area contributed by atoms with E-state index in [0.29, 0.717) is 18.7 Å². The van der Waals surface area contributed by atoms with E-state index in [1.165, 1.54) is 132 Å². The van der Waals surface area contributed by atoms with Crippen LogP contribution in [0.4, 0.5) is 13.2 Å². The average molecular weight is 2670 g/mol. The minimum atomic E-state index is -4.53. The molecular formula is C107H88F3Ir5N12O7-5. The Labute approximate surface area is 837 Å². The molecule has 1 aliphatic carbocycles. The number of carboxylic acid groups (broad SMARTS) is 2. The van der Waals surface area contributed by atoms with Crippen LogP contribution in [-0.4, -0.2) is 97.0 Å². The number of halogens is 3. The first-order valence-electron chi connectivity index (χ1n) is 42.1. The van der Waals surface area contributed by atoms with E-state index in [-0.39, 0.29) is 123 Å². The maximum Gasteiger partial charge on any atom is 0.416 e. The van der Waals surface area contributed by atoms with E-state index in [9.17, 15) is 32.7 Å². The van der Waals surface area contributed by atoms with Crippen LogP contribution in [0.5, 0.6) is 0 Å². The fraction of sp³-hybridized carbons (Fsp3) is 0.159. The van der Waals surface area contributed by atoms with Gasteiger partial charge in [0.05, 0.1) is 46.1 Å². The summed E-state index contributed by atoms with van der Waals surface area (Å²) in [6, 6.07) is 93.6. The Morgan fingerprint density at radius 2 is 0.746 bits per heavy atom. The number of para-hydroxylation sites is 4. The number of carbonyl (C=O) groups excluding carboxylic acids is 1. The van der Waals surface area contributed by atoms with Crippen LogP contribution in [0.3, 0.4) is 0 Å². The summed E-state index contributed by atoms with van der Waals surface area (Å²) in [5.74, 6) is -1.64. The number of aromatic carboxylic acids is 2. The van der Waals surface area contributed by atoms with E-state index in [4.69, 9.17) is 14.9 Å². The predicted molar refractivity (Wildman–Crippen MR) is 504 cm³/mol. The number of ketones is 1. The molecule has 0 bridgehead atoms. The Morgan fingerprint density at radius 3 is 1.10 bits per heavy atom. The van der Waals surface area contributed by atoms with Crippen LogP contribution in [0, 0.1) is 41.2 Å². The fourth-order valence-corrected chi connectivity index (χ4v) is 16.1. The molecule has 12 aromatic heterocycles. The van der Waals surface area contributed by atoms with Crippen molar-refractivity contribution in [1.82, 2.24) is 56.9 Å². The van der Waals surface area contributed by atoms with Gasteiger partial charge in [-0.3, -0.25) is 29.7 Å². The molecule has 0 saturated heterocycles. The molecule has 0 amide bonds. The van der Waals surface area contributed by atoms with Crippen molar-refractivity contribution in [2.75, 3.05) is 7.11 Å². The van der Waals surface area contributed by atoms with Gasteiger partial charge in [0.2, 0.25) is 0 Å². The Balaban J connectivity index is 0.000000148. The van der Waals surface area contributed by atoms with Crippen molar-refractivity contribution in [2.24, 2.45) is 10.8 Å². The minimum Gasteiger partial charge on any atom is -0.512 e. The van der Waals surface area contributed by atoms with Crippen LogP contribution in [0.2, 0.25) is 0 Å². The van der Waals surface area contributed by atoms with Crippen LogP contribution in [0.15, 0.2) is 317 Å². The van der Waals surface area contributed by atoms with Crippen molar-refractivity contribution in [3.8, 4) is 0 Å². The normalized spacial score (nSPS) is 12.1. The Hall–Kier alpha value is -12.3. The third kappa shape index (κ3) is 22.3. The number of carbonyl (C=O) groups is 3. The number of hydrogen-bond acceptors (Lipinski definition) is 12. The molecule has 12 heterocycles. The molecular weight excluding hydrogens is 2580 g/mol. The van der Waals surface area contributed by atoms with Crippen LogP contribution in [-0.2, 0) is 123 Å². The number of alkyl halides is 3. The second-order valence-electron chi connectivity index (χ2n) is 33.0. The number of aliphatic hydroxyl groups is 1. The predicted octanol–water partition coefficient (Wildman–Crippen LogP) is 25.1. The number of fused-ring (bicyclic) bond motifs is 30. The molecule has 1 aliphatic rings. The summed E-state index contributed by atoms with van der Waals surface area (Å²) in [7, 11) is 1.69. The number of aromatic nitrogens is 12. The Bertz CT molecular complexity index is 7310. The molecule has 0 unspecified atom stereocenters. The van der Waals surface area contributed by atoms with Gasteiger partial charge in [-0.05, 0) is 106 Å². The summed E-state index contributed by atoms with van der Waals surface area (Å²) in [6.07, 6.45) is 23.4. The van der Waals surface area contributed by atoms with Crippen LogP contribution in [0.25, 0.3) is 137 Å². The van der Waals surface area contributed by atoms with E-state index in [0.717, 1.165) is 78.5 Å². The van der Waals surface area contributed by atoms with E-state index in [1.807, 2.05) is 146 Å². The number of rotatable bonds is 6. The van der Waals surface area contributed by atoms with Crippen molar-refractivity contribution in [2.45, 2.75) is 92.3 Å². The van der Waals surface area contributed by atoms with Crippen molar-refractivity contribution in [1.29, 1.82) is 0 Å². The summed E-state index contributed by atoms with van der Waals surface area (Å²) in [5.41, 5.74) is 11.0. The maximum atomic E-state index is 12.0. The number of pyridine rings is 7. The number of imidazole rings is 5. The molecule has 0 spiro atoms. The summed E-state index contributed by atoms with van der Waals surface area (Å²) in [4.78, 5) is 61.2. The van der Waals surface area contributed by atoms with Crippen molar-refractivity contribution in [3.05, 3.63) is 375 Å². The third-order valence-corrected chi connectivity index (χ3v) is 22.4. The SMILES string of the molecule is CC(C)(C)C(=O)C=C(O)C(C)(C)C.COCc1cn2c3ccccc3c3ccc[c-]c3c2n1.O=C(O)c1cc(C(F)(F)F)ccn1.O=C(O)c1ccccn1.[Ir].[Ir].[Ir].[Ir].[Ir].[c-]1cccc2c1c1nccn1c1cc(C3CCCCC3)ccc21.[c-]1cccc2c1c1nccn1c1ccccc21.[c-]1cccc2c1c1nccn1c1ccccc21.[c-]1cccc2c1c1nccn1c1ccccc21. The number of carboxylic acids is 2. The van der Waals surface area contributed by atoms with Crippen molar-refractivity contribution < 1.29 is 148 Å². The van der Waals surface area contributed by atoms with Crippen molar-refractivity contribution in [3.63, 3.8) is 0 Å². The summed E-state index contributed by atoms with van der Waals surface area (Å²) < 4.78 is 51.9. The molecule has 27 heteroatoms. The zero-order valence-corrected chi connectivity index (χ0v) is 85.4. The van der Waals surface area contributed by atoms with Gasteiger partial charge in [0, 0.05) is 220 Å². The fourth-order valence-electron chi connectivity index (χ4n) is 16.1. The molecule has 0 aliphatic heterocycles. The standard InChI is InChI=1S/C21H19N2.C17H13N2O.3C15H9N2.C11H20O2.C7H4F3NO2.C6H5NO2.5Ir/c1-2-6-15(7-3-1)16-10-11-18-17-8-4-5-9-19(17)21-22-12-13-23(21)20(18)14-16;1-20-11-12-10-19-16-9-5-4-7-14(16)13-6-2-3-8-15(13)17(19)18-12;3*1-2-7-13-11(5-1)12-6-3-4-8-14(12)17-10-9-16-15(13)17;1-10(2,3)8(12)7-9(13)11(4,5)6;8-7(9,10)4-1-2-11-5(3-4)6(12)13;8-6(9)5-3-1-2-4-7-5;;;;;/h4-5,8,10-15H,1-3,6-7H2;2-7,9-10H,11H2,1H3;3*1-6,8-10H;7,12H,1-6H3;1-3H,(H,12,13);1-4H,(H,8,9);;;;;/q5*-1;;;;;;;;. The quantitative estimate of drug-likeness (QED) is 0.0608. The molecule has 134 heavy (non-hydrogen) atoms. The number of aliphatic hydroxyl groups excluding tert-OH is 1. The van der Waals surface area contributed by atoms with Gasteiger partial charge in [0.25, 0.3) is 0 Å². The number of ether oxygens (including phenoxy) is 1. The summed E-state index contributed by atoms with van der Waals surface area (Å²) in [6.45, 7) is 11.6. The molecule has 23 rings (SSSR count). The smallest absolute Gasteiger partial charge is 0.416 e. The average Bonchev–Trinajstić information content (AvgIpc) is 1.59. The molecule has 689 valence electrons. The minimum absolute atomic E-state index is 0. The van der Waals surface area contributed by atoms with Gasteiger partial charge in [-0.2, -0.15) is 13.2 Å². The van der Waals surface area contributed by atoms with E-state index in [1.54, 1.807) is 19.2 Å².